The molecule has 0 spiro atoms. The molecule has 2 N–H and O–H groups in total. The number of methoxy groups -OCH3 is 1. The number of benzene rings is 3. The third-order valence-electron chi connectivity index (χ3n) is 4.80. The number of pyridine rings is 1. The number of nitrogens with one attached hydrogen (secondary N) is 2. The summed E-state index contributed by atoms with van der Waals surface area (Å²) in [4.78, 5) is 27.8. The van der Waals surface area contributed by atoms with Crippen molar-refractivity contribution in [1.29, 1.82) is 0 Å². The Hall–Kier alpha value is -3.86. The number of rotatable bonds is 5. The summed E-state index contributed by atoms with van der Waals surface area (Å²) >= 11 is 0. The van der Waals surface area contributed by atoms with Gasteiger partial charge in [0.2, 0.25) is 0 Å². The van der Waals surface area contributed by atoms with Crippen LogP contribution in [0.5, 0.6) is 5.75 Å². The number of ether oxygens (including phenoxy) is 1. The number of hydrogen-bond acceptors (Lipinski definition) is 3. The standard InChI is InChI=1S/C24H20N2O3/c1-29-21-11-10-18-13-20(24(28)26-22(18)14-21)15-25-23(27)19-9-5-8-17(12-19)16-6-3-2-4-7-16/h2-14H,15H2,1H3,(H,25,27)(H,26,28). The molecule has 1 amide bonds. The number of carbonyl (C=O) groups is 1. The molecule has 0 aliphatic heterocycles. The maximum Gasteiger partial charge on any atom is 0.253 e. The van der Waals surface area contributed by atoms with Crippen LogP contribution in [-0.4, -0.2) is 18.0 Å². The molecule has 0 radical (unpaired) electrons. The van der Waals surface area contributed by atoms with Crippen molar-refractivity contribution >= 4 is 16.8 Å². The maximum absolute atomic E-state index is 12.6. The Morgan fingerprint density at radius 2 is 1.72 bits per heavy atom. The Balaban J connectivity index is 1.53. The Labute approximate surface area is 168 Å². The van der Waals surface area contributed by atoms with Crippen molar-refractivity contribution in [3.05, 3.63) is 100 Å². The molecule has 4 aromatic rings. The van der Waals surface area contributed by atoms with Crippen molar-refractivity contribution < 1.29 is 9.53 Å². The Morgan fingerprint density at radius 1 is 0.931 bits per heavy atom. The van der Waals surface area contributed by atoms with Gasteiger partial charge in [0.1, 0.15) is 5.75 Å². The molecule has 0 atom stereocenters. The molecule has 0 unspecified atom stereocenters. The first-order valence-electron chi connectivity index (χ1n) is 9.28. The minimum atomic E-state index is -0.232. The predicted molar refractivity (Wildman–Crippen MR) is 114 cm³/mol. The van der Waals surface area contributed by atoms with E-state index in [0.29, 0.717) is 22.4 Å². The van der Waals surface area contributed by atoms with Crippen LogP contribution in [0, 0.1) is 0 Å². The lowest BCUT2D eigenvalue weighted by atomic mass is 10.0. The molecule has 1 aromatic heterocycles. The molecule has 0 aliphatic carbocycles. The second kappa shape index (κ2) is 8.02. The van der Waals surface area contributed by atoms with Gasteiger partial charge in [-0.05, 0) is 46.8 Å². The summed E-state index contributed by atoms with van der Waals surface area (Å²) in [5.41, 5.74) is 3.52. The molecule has 0 fully saturated rings. The van der Waals surface area contributed by atoms with Crippen LogP contribution in [-0.2, 0) is 6.54 Å². The van der Waals surface area contributed by atoms with Gasteiger partial charge in [-0.1, -0.05) is 42.5 Å². The summed E-state index contributed by atoms with van der Waals surface area (Å²) in [6.07, 6.45) is 0. The summed E-state index contributed by atoms with van der Waals surface area (Å²) in [5, 5.41) is 3.71. The van der Waals surface area contributed by atoms with E-state index in [1.54, 1.807) is 25.3 Å². The van der Waals surface area contributed by atoms with Crippen LogP contribution >= 0.6 is 0 Å². The summed E-state index contributed by atoms with van der Waals surface area (Å²) in [6, 6.07) is 24.6. The average molecular weight is 384 g/mol. The van der Waals surface area contributed by atoms with Crippen LogP contribution in [0.4, 0.5) is 0 Å². The molecular weight excluding hydrogens is 364 g/mol. The van der Waals surface area contributed by atoms with E-state index in [4.69, 9.17) is 4.74 Å². The van der Waals surface area contributed by atoms with Crippen LogP contribution in [0.2, 0.25) is 0 Å². The van der Waals surface area contributed by atoms with E-state index in [0.717, 1.165) is 16.5 Å². The van der Waals surface area contributed by atoms with Crippen molar-refractivity contribution in [2.75, 3.05) is 7.11 Å². The predicted octanol–water partition coefficient (Wildman–Crippen LogP) is 4.13. The molecule has 0 saturated carbocycles. The number of aromatic amines is 1. The summed E-state index contributed by atoms with van der Waals surface area (Å²) in [6.45, 7) is 0.145. The lowest BCUT2D eigenvalue weighted by molar-refractivity contribution is 0.0951. The fraction of sp³-hybridized carbons (Fsp3) is 0.0833. The molecule has 3 aromatic carbocycles. The molecule has 29 heavy (non-hydrogen) atoms. The highest BCUT2D eigenvalue weighted by atomic mass is 16.5. The van der Waals surface area contributed by atoms with E-state index in [1.807, 2.05) is 60.7 Å². The normalized spacial score (nSPS) is 10.7. The number of hydrogen-bond donors (Lipinski definition) is 2. The SMILES string of the molecule is COc1ccc2cc(CNC(=O)c3cccc(-c4ccccc4)c3)c(=O)[nH]c2c1. The Kier molecular flexibility index (Phi) is 5.12. The summed E-state index contributed by atoms with van der Waals surface area (Å²) in [5.74, 6) is 0.449. The second-order valence-electron chi connectivity index (χ2n) is 6.71. The van der Waals surface area contributed by atoms with Crippen LogP contribution in [0.1, 0.15) is 15.9 Å². The largest absolute Gasteiger partial charge is 0.497 e. The third-order valence-corrected chi connectivity index (χ3v) is 4.80. The zero-order valence-electron chi connectivity index (χ0n) is 15.9. The number of carbonyl (C=O) groups excluding carboxylic acids is 1. The Morgan fingerprint density at radius 3 is 2.52 bits per heavy atom. The van der Waals surface area contributed by atoms with Crippen molar-refractivity contribution in [2.45, 2.75) is 6.54 Å². The van der Waals surface area contributed by atoms with Crippen molar-refractivity contribution in [3.8, 4) is 16.9 Å². The van der Waals surface area contributed by atoms with E-state index in [1.165, 1.54) is 0 Å². The van der Waals surface area contributed by atoms with Crippen LogP contribution in [0.25, 0.3) is 22.0 Å². The van der Waals surface area contributed by atoms with Gasteiger partial charge in [-0.25, -0.2) is 0 Å². The number of fused-ring (bicyclic) bond motifs is 1. The summed E-state index contributed by atoms with van der Waals surface area (Å²) in [7, 11) is 1.58. The summed E-state index contributed by atoms with van der Waals surface area (Å²) < 4.78 is 5.18. The van der Waals surface area contributed by atoms with Crippen molar-refractivity contribution in [3.63, 3.8) is 0 Å². The highest BCUT2D eigenvalue weighted by Crippen LogP contribution is 2.20. The first-order valence-corrected chi connectivity index (χ1v) is 9.28. The lowest BCUT2D eigenvalue weighted by Gasteiger charge is -2.08. The van der Waals surface area contributed by atoms with Crippen molar-refractivity contribution in [2.24, 2.45) is 0 Å². The number of H-pyrrole nitrogens is 1. The molecular formula is C24H20N2O3. The minimum Gasteiger partial charge on any atom is -0.497 e. The lowest BCUT2D eigenvalue weighted by Crippen LogP contribution is -2.26. The highest BCUT2D eigenvalue weighted by Gasteiger charge is 2.09. The molecule has 0 saturated heterocycles. The van der Waals surface area contributed by atoms with E-state index in [9.17, 15) is 9.59 Å². The molecule has 4 rings (SSSR count). The van der Waals surface area contributed by atoms with Gasteiger partial charge in [-0.15, -0.1) is 0 Å². The van der Waals surface area contributed by atoms with Gasteiger partial charge in [0.15, 0.2) is 0 Å². The molecule has 0 bridgehead atoms. The van der Waals surface area contributed by atoms with E-state index in [2.05, 4.69) is 10.3 Å². The van der Waals surface area contributed by atoms with E-state index in [-0.39, 0.29) is 18.0 Å². The fourth-order valence-electron chi connectivity index (χ4n) is 3.23. The average Bonchev–Trinajstić information content (AvgIpc) is 2.77. The van der Waals surface area contributed by atoms with Gasteiger partial charge in [-0.2, -0.15) is 0 Å². The smallest absolute Gasteiger partial charge is 0.253 e. The zero-order valence-corrected chi connectivity index (χ0v) is 15.9. The van der Waals surface area contributed by atoms with Crippen LogP contribution < -0.4 is 15.6 Å². The topological polar surface area (TPSA) is 71.2 Å². The quantitative estimate of drug-likeness (QED) is 0.543. The highest BCUT2D eigenvalue weighted by molar-refractivity contribution is 5.95. The van der Waals surface area contributed by atoms with Gasteiger partial charge in [0, 0.05) is 23.7 Å². The number of amides is 1. The molecule has 5 heteroatoms. The minimum absolute atomic E-state index is 0.145. The molecule has 144 valence electrons. The first-order chi connectivity index (χ1) is 14.1. The van der Waals surface area contributed by atoms with Crippen LogP contribution in [0.15, 0.2) is 83.7 Å². The van der Waals surface area contributed by atoms with Gasteiger partial charge in [0.25, 0.3) is 11.5 Å². The van der Waals surface area contributed by atoms with Crippen molar-refractivity contribution in [1.82, 2.24) is 10.3 Å². The fourth-order valence-corrected chi connectivity index (χ4v) is 3.23. The maximum atomic E-state index is 12.6. The van der Waals surface area contributed by atoms with E-state index < -0.39 is 0 Å². The Bertz CT molecular complexity index is 1230. The van der Waals surface area contributed by atoms with Gasteiger partial charge in [-0.3, -0.25) is 9.59 Å². The first kappa shape index (κ1) is 18.5. The van der Waals surface area contributed by atoms with Gasteiger partial charge in [0.05, 0.1) is 12.6 Å². The third kappa shape index (κ3) is 4.04. The van der Waals surface area contributed by atoms with Crippen LogP contribution in [0.3, 0.4) is 0 Å². The zero-order chi connectivity index (χ0) is 20.2. The van der Waals surface area contributed by atoms with Gasteiger partial charge >= 0.3 is 0 Å². The molecule has 1 heterocycles. The number of aromatic nitrogens is 1. The monoisotopic (exact) mass is 384 g/mol. The second-order valence-corrected chi connectivity index (χ2v) is 6.71. The van der Waals surface area contributed by atoms with Gasteiger partial charge < -0.3 is 15.0 Å². The van der Waals surface area contributed by atoms with E-state index >= 15 is 0 Å². The molecule has 5 nitrogen and oxygen atoms in total. The molecule has 0 aliphatic rings.